The fourth-order valence-corrected chi connectivity index (χ4v) is 4.60. The number of carbonyl (C=O) groups is 2. The van der Waals surface area contributed by atoms with Crippen molar-refractivity contribution in [3.8, 4) is 0 Å². The van der Waals surface area contributed by atoms with Gasteiger partial charge in [0.25, 0.3) is 11.8 Å². The van der Waals surface area contributed by atoms with Crippen molar-refractivity contribution in [1.29, 1.82) is 0 Å². The molecular weight excluding hydrogens is 366 g/mol. The number of nitrogens with one attached hydrogen (secondary N) is 2. The summed E-state index contributed by atoms with van der Waals surface area (Å²) in [5.41, 5.74) is 3.12. The van der Waals surface area contributed by atoms with Gasteiger partial charge < -0.3 is 10.6 Å². The monoisotopic (exact) mass is 387 g/mol. The number of sulfone groups is 1. The molecule has 27 heavy (non-hydrogen) atoms. The normalized spacial score (nSPS) is 18.1. The van der Waals surface area contributed by atoms with Gasteiger partial charge in [-0.1, -0.05) is 12.1 Å². The molecule has 0 radical (unpaired) electrons. The molecule has 1 aliphatic heterocycles. The van der Waals surface area contributed by atoms with Gasteiger partial charge in [-0.25, -0.2) is 8.42 Å². The number of carbonyl (C=O) groups excluding carboxylic acids is 2. The van der Waals surface area contributed by atoms with Gasteiger partial charge in [-0.15, -0.1) is 0 Å². The van der Waals surface area contributed by atoms with Crippen LogP contribution in [0.5, 0.6) is 0 Å². The third kappa shape index (κ3) is 4.71. The zero-order chi connectivity index (χ0) is 19.6. The molecule has 1 saturated heterocycles. The van der Waals surface area contributed by atoms with Gasteiger partial charge in [0.15, 0.2) is 9.84 Å². The first-order valence-electron chi connectivity index (χ1n) is 8.58. The molecule has 142 valence electrons. The SMILES string of the molecule is Cc1ccc(C)c(NC(=O)c2cncc(C(=O)NC3CCS(=O)(=O)C3)c2)c1. The Morgan fingerprint density at radius 1 is 1.07 bits per heavy atom. The Balaban J connectivity index is 1.72. The van der Waals surface area contributed by atoms with Gasteiger partial charge in [-0.05, 0) is 43.5 Å². The second-order valence-electron chi connectivity index (χ2n) is 6.81. The van der Waals surface area contributed by atoms with Crippen molar-refractivity contribution in [1.82, 2.24) is 10.3 Å². The first-order chi connectivity index (χ1) is 12.7. The van der Waals surface area contributed by atoms with Crippen molar-refractivity contribution in [3.63, 3.8) is 0 Å². The molecule has 2 N–H and O–H groups in total. The zero-order valence-corrected chi connectivity index (χ0v) is 16.0. The summed E-state index contributed by atoms with van der Waals surface area (Å²) in [6, 6.07) is 6.79. The van der Waals surface area contributed by atoms with E-state index >= 15 is 0 Å². The average molecular weight is 387 g/mol. The van der Waals surface area contributed by atoms with Crippen LogP contribution in [-0.2, 0) is 9.84 Å². The van der Waals surface area contributed by atoms with Crippen molar-refractivity contribution in [2.75, 3.05) is 16.8 Å². The minimum absolute atomic E-state index is 0.0566. The van der Waals surface area contributed by atoms with Gasteiger partial charge in [0.1, 0.15) is 0 Å². The Hall–Kier alpha value is -2.74. The van der Waals surface area contributed by atoms with Crippen LogP contribution in [0.3, 0.4) is 0 Å². The van der Waals surface area contributed by atoms with Crippen LogP contribution >= 0.6 is 0 Å². The van der Waals surface area contributed by atoms with Crippen LogP contribution in [0, 0.1) is 13.8 Å². The molecule has 1 aromatic carbocycles. The summed E-state index contributed by atoms with van der Waals surface area (Å²) in [5, 5.41) is 5.52. The van der Waals surface area contributed by atoms with E-state index in [1.54, 1.807) is 0 Å². The molecule has 2 aromatic rings. The molecule has 8 heteroatoms. The molecule has 0 bridgehead atoms. The van der Waals surface area contributed by atoms with E-state index in [0.717, 1.165) is 11.1 Å². The summed E-state index contributed by atoms with van der Waals surface area (Å²) in [6.07, 6.45) is 3.14. The third-order valence-electron chi connectivity index (χ3n) is 4.47. The summed E-state index contributed by atoms with van der Waals surface area (Å²) in [5.74, 6) is -0.784. The highest BCUT2D eigenvalue weighted by atomic mass is 32.2. The number of anilines is 1. The molecule has 1 atom stereocenters. The molecule has 0 aliphatic carbocycles. The molecule has 7 nitrogen and oxygen atoms in total. The van der Waals surface area contributed by atoms with Crippen molar-refractivity contribution < 1.29 is 18.0 Å². The molecule has 2 heterocycles. The van der Waals surface area contributed by atoms with E-state index in [1.807, 2.05) is 32.0 Å². The van der Waals surface area contributed by atoms with Gasteiger partial charge in [-0.3, -0.25) is 14.6 Å². The standard InChI is InChI=1S/C19H21N3O4S/c1-12-3-4-13(2)17(7-12)22-19(24)15-8-14(9-20-10-15)18(23)21-16-5-6-27(25,26)11-16/h3-4,7-10,16H,5-6,11H2,1-2H3,(H,21,23)(H,22,24). The van der Waals surface area contributed by atoms with Crippen molar-refractivity contribution in [2.45, 2.75) is 26.3 Å². The van der Waals surface area contributed by atoms with Crippen molar-refractivity contribution in [2.24, 2.45) is 0 Å². The van der Waals surface area contributed by atoms with E-state index < -0.39 is 21.8 Å². The molecule has 2 amide bonds. The van der Waals surface area contributed by atoms with E-state index in [1.165, 1.54) is 18.5 Å². The summed E-state index contributed by atoms with van der Waals surface area (Å²) in [4.78, 5) is 28.9. The molecule has 1 aliphatic rings. The lowest BCUT2D eigenvalue weighted by Gasteiger charge is -2.12. The fourth-order valence-electron chi connectivity index (χ4n) is 2.93. The van der Waals surface area contributed by atoms with Gasteiger partial charge in [0.2, 0.25) is 0 Å². The Morgan fingerprint density at radius 2 is 1.78 bits per heavy atom. The van der Waals surface area contributed by atoms with Crippen LogP contribution in [0.25, 0.3) is 0 Å². The average Bonchev–Trinajstić information content (AvgIpc) is 2.96. The molecule has 0 saturated carbocycles. The first-order valence-corrected chi connectivity index (χ1v) is 10.4. The maximum atomic E-state index is 12.5. The highest BCUT2D eigenvalue weighted by Crippen LogP contribution is 2.18. The maximum absolute atomic E-state index is 12.5. The van der Waals surface area contributed by atoms with Gasteiger partial charge >= 0.3 is 0 Å². The zero-order valence-electron chi connectivity index (χ0n) is 15.2. The second-order valence-corrected chi connectivity index (χ2v) is 9.04. The number of rotatable bonds is 4. The van der Waals surface area contributed by atoms with Crippen molar-refractivity contribution in [3.05, 3.63) is 58.9 Å². The molecule has 1 fully saturated rings. The second kappa shape index (κ2) is 7.48. The lowest BCUT2D eigenvalue weighted by atomic mass is 10.1. The summed E-state index contributed by atoms with van der Waals surface area (Å²) in [7, 11) is -3.08. The van der Waals surface area contributed by atoms with E-state index in [2.05, 4.69) is 15.6 Å². The number of hydrogen-bond acceptors (Lipinski definition) is 5. The Morgan fingerprint density at radius 3 is 2.44 bits per heavy atom. The van der Waals surface area contributed by atoms with Crippen molar-refractivity contribution >= 4 is 27.3 Å². The van der Waals surface area contributed by atoms with E-state index in [0.29, 0.717) is 12.1 Å². The predicted octanol–water partition coefficient (Wildman–Crippen LogP) is 1.87. The van der Waals surface area contributed by atoms with Crippen LogP contribution in [0.15, 0.2) is 36.7 Å². The van der Waals surface area contributed by atoms with E-state index in [4.69, 9.17) is 0 Å². The molecular formula is C19H21N3O4S. The molecule has 0 spiro atoms. The fraction of sp³-hybridized carbons (Fsp3) is 0.316. The number of aromatic nitrogens is 1. The molecule has 1 unspecified atom stereocenters. The maximum Gasteiger partial charge on any atom is 0.257 e. The number of amides is 2. The topological polar surface area (TPSA) is 105 Å². The van der Waals surface area contributed by atoms with Crippen LogP contribution in [-0.4, -0.2) is 42.8 Å². The summed E-state index contributed by atoms with van der Waals surface area (Å²) >= 11 is 0. The Labute approximate surface area is 158 Å². The largest absolute Gasteiger partial charge is 0.348 e. The van der Waals surface area contributed by atoms with Crippen LogP contribution < -0.4 is 10.6 Å². The quantitative estimate of drug-likeness (QED) is 0.833. The first kappa shape index (κ1) is 19.0. The lowest BCUT2D eigenvalue weighted by Crippen LogP contribution is -2.35. The van der Waals surface area contributed by atoms with Gasteiger partial charge in [0.05, 0.1) is 22.6 Å². The van der Waals surface area contributed by atoms with Crippen LogP contribution in [0.4, 0.5) is 5.69 Å². The summed E-state index contributed by atoms with van der Waals surface area (Å²) < 4.78 is 23.0. The Kier molecular flexibility index (Phi) is 5.27. The van der Waals surface area contributed by atoms with Gasteiger partial charge in [0, 0.05) is 24.1 Å². The minimum Gasteiger partial charge on any atom is -0.348 e. The number of aryl methyl sites for hydroxylation is 2. The highest BCUT2D eigenvalue weighted by molar-refractivity contribution is 7.91. The number of hydrogen-bond donors (Lipinski definition) is 2. The molecule has 1 aromatic heterocycles. The van der Waals surface area contributed by atoms with Gasteiger partial charge in [-0.2, -0.15) is 0 Å². The molecule has 3 rings (SSSR count). The minimum atomic E-state index is -3.08. The number of nitrogens with zero attached hydrogens (tertiary/aromatic N) is 1. The Bertz CT molecular complexity index is 1000. The van der Waals surface area contributed by atoms with E-state index in [-0.39, 0.29) is 28.5 Å². The van der Waals surface area contributed by atoms with Crippen LogP contribution in [0.1, 0.15) is 38.3 Å². The highest BCUT2D eigenvalue weighted by Gasteiger charge is 2.29. The lowest BCUT2D eigenvalue weighted by molar-refractivity contribution is 0.0940. The van der Waals surface area contributed by atoms with Crippen LogP contribution in [0.2, 0.25) is 0 Å². The number of benzene rings is 1. The number of pyridine rings is 1. The third-order valence-corrected chi connectivity index (χ3v) is 6.24. The summed E-state index contributed by atoms with van der Waals surface area (Å²) in [6.45, 7) is 3.83. The predicted molar refractivity (Wildman–Crippen MR) is 103 cm³/mol. The van der Waals surface area contributed by atoms with E-state index in [9.17, 15) is 18.0 Å². The smallest absolute Gasteiger partial charge is 0.257 e.